The smallest absolute Gasteiger partial charge is 0.361 e. The van der Waals surface area contributed by atoms with E-state index in [0.717, 1.165) is 22.3 Å². The van der Waals surface area contributed by atoms with E-state index in [2.05, 4.69) is 0 Å². The highest BCUT2D eigenvalue weighted by atomic mass is 19.1. The van der Waals surface area contributed by atoms with Gasteiger partial charge in [0.25, 0.3) is 0 Å². The van der Waals surface area contributed by atoms with Crippen LogP contribution < -0.4 is 21.3 Å². The van der Waals surface area contributed by atoms with Gasteiger partial charge < -0.3 is 4.74 Å². The van der Waals surface area contributed by atoms with Gasteiger partial charge in [0.2, 0.25) is 10.9 Å². The summed E-state index contributed by atoms with van der Waals surface area (Å²) < 4.78 is 39.9. The zero-order valence-electron chi connectivity index (χ0n) is 26.2. The summed E-state index contributed by atoms with van der Waals surface area (Å²) in [5.74, 6) is 0.918. The van der Waals surface area contributed by atoms with Crippen LogP contribution in [0, 0.1) is 31.4 Å². The van der Waals surface area contributed by atoms with Crippen molar-refractivity contribution >= 4 is 23.7 Å². The molecule has 7 rings (SSSR count). The van der Waals surface area contributed by atoms with E-state index in [4.69, 9.17) is 9.15 Å². The van der Waals surface area contributed by atoms with Crippen LogP contribution in [-0.4, -0.2) is 0 Å². The van der Waals surface area contributed by atoms with E-state index >= 15 is 0 Å². The summed E-state index contributed by atoms with van der Waals surface area (Å²) >= 11 is 0. The highest BCUT2D eigenvalue weighted by Crippen LogP contribution is 2.34. The van der Waals surface area contributed by atoms with Crippen molar-refractivity contribution in [1.29, 1.82) is 0 Å². The summed E-state index contributed by atoms with van der Waals surface area (Å²) in [7, 11) is 0. The molecule has 6 heteroatoms. The normalized spacial score (nSPS) is 14.2. The molecule has 0 spiro atoms. The van der Waals surface area contributed by atoms with Gasteiger partial charge in [0.15, 0.2) is 0 Å². The summed E-state index contributed by atoms with van der Waals surface area (Å²) in [6.45, 7) is 3.94. The molecule has 5 aromatic carbocycles. The van der Waals surface area contributed by atoms with Crippen molar-refractivity contribution in [2.75, 3.05) is 0 Å². The first-order valence-corrected chi connectivity index (χ1v) is 15.5. The maximum atomic E-state index is 13.7. The largest absolute Gasteiger partial charge is 0.457 e. The SMILES string of the molecule is Cc1ccccc1C1=CC(C=c2c(=O)c(=Cc3cc(-c4ccc(F)cc4)[o+]c(-c4ccccc4C)c3)c2=O)C=C(c2ccc(F)cc2)O1. The van der Waals surface area contributed by atoms with Gasteiger partial charge in [-0.1, -0.05) is 48.5 Å². The van der Waals surface area contributed by atoms with E-state index in [0.29, 0.717) is 39.7 Å². The predicted molar refractivity (Wildman–Crippen MR) is 185 cm³/mol. The Morgan fingerprint density at radius 1 is 0.625 bits per heavy atom. The lowest BCUT2D eigenvalue weighted by molar-refractivity contribution is 0.458. The Hall–Kier alpha value is -6.01. The molecule has 1 aliphatic rings. The lowest BCUT2D eigenvalue weighted by atomic mass is 9.96. The lowest BCUT2D eigenvalue weighted by Crippen LogP contribution is -2.64. The Morgan fingerprint density at radius 3 is 1.79 bits per heavy atom. The maximum Gasteiger partial charge on any atom is 0.361 e. The molecule has 2 heterocycles. The number of allylic oxidation sites excluding steroid dienone is 2. The fourth-order valence-corrected chi connectivity index (χ4v) is 5.86. The van der Waals surface area contributed by atoms with Crippen LogP contribution in [0.4, 0.5) is 8.78 Å². The van der Waals surface area contributed by atoms with E-state index in [-0.39, 0.29) is 32.9 Å². The average Bonchev–Trinajstić information content (AvgIpc) is 3.10. The van der Waals surface area contributed by atoms with Crippen LogP contribution in [0.25, 0.3) is 46.3 Å². The van der Waals surface area contributed by atoms with E-state index in [1.54, 1.807) is 48.6 Å². The van der Waals surface area contributed by atoms with Gasteiger partial charge in [0.05, 0.1) is 33.7 Å². The van der Waals surface area contributed by atoms with Gasteiger partial charge in [-0.25, -0.2) is 13.2 Å². The molecule has 1 unspecified atom stereocenters. The quantitative estimate of drug-likeness (QED) is 0.176. The minimum absolute atomic E-state index is 0.0612. The van der Waals surface area contributed by atoms with E-state index in [9.17, 15) is 18.4 Å². The van der Waals surface area contributed by atoms with Crippen molar-refractivity contribution in [3.8, 4) is 22.6 Å². The molecule has 1 atom stereocenters. The average molecular weight is 636 g/mol. The van der Waals surface area contributed by atoms with Gasteiger partial charge in [-0.15, -0.1) is 0 Å². The number of aryl methyl sites for hydroxylation is 2. The highest BCUT2D eigenvalue weighted by Gasteiger charge is 2.23. The van der Waals surface area contributed by atoms with Gasteiger partial charge in [-0.2, -0.15) is 0 Å². The lowest BCUT2D eigenvalue weighted by Gasteiger charge is -2.22. The minimum atomic E-state index is -0.439. The summed E-state index contributed by atoms with van der Waals surface area (Å²) in [6.07, 6.45) is 6.90. The molecule has 234 valence electrons. The zero-order chi connectivity index (χ0) is 33.4. The van der Waals surface area contributed by atoms with E-state index in [1.807, 2.05) is 74.5 Å². The molecule has 0 fully saturated rings. The van der Waals surface area contributed by atoms with Gasteiger partial charge in [0.1, 0.15) is 23.2 Å². The standard InChI is InChI=1S/C42H29F2O4/c1-25-7-3-5-9-33(25)39-23-27(21-37(47-39)29-11-15-31(43)16-12-29)19-35-41(45)36(42(35)46)20-28-22-38(30-13-17-32(44)18-14-30)48-40(24-28)34-10-6-4-8-26(34)2/h3-24,27H,1-2H3/q+1. The third-order valence-corrected chi connectivity index (χ3v) is 8.45. The Kier molecular flexibility index (Phi) is 8.07. The Balaban J connectivity index is 1.32. The molecule has 0 saturated carbocycles. The molecule has 6 aromatic rings. The van der Waals surface area contributed by atoms with Gasteiger partial charge in [-0.05, 0) is 103 Å². The number of benzene rings is 4. The number of hydrogen-bond acceptors (Lipinski definition) is 3. The van der Waals surface area contributed by atoms with Gasteiger partial charge in [-0.3, -0.25) is 9.59 Å². The molecule has 0 N–H and O–H groups in total. The van der Waals surface area contributed by atoms with Crippen molar-refractivity contribution in [2.24, 2.45) is 5.92 Å². The van der Waals surface area contributed by atoms with Crippen LogP contribution in [0.2, 0.25) is 0 Å². The maximum absolute atomic E-state index is 13.7. The van der Waals surface area contributed by atoms with Crippen LogP contribution in [0.3, 0.4) is 0 Å². The Morgan fingerprint density at radius 2 is 1.17 bits per heavy atom. The molecule has 0 radical (unpaired) electrons. The molecule has 0 aliphatic carbocycles. The summed E-state index contributed by atoms with van der Waals surface area (Å²) in [5, 5.41) is 0.146. The summed E-state index contributed by atoms with van der Waals surface area (Å²) in [4.78, 5) is 27.0. The van der Waals surface area contributed by atoms with Crippen molar-refractivity contribution < 1.29 is 17.9 Å². The predicted octanol–water partition coefficient (Wildman–Crippen LogP) is 7.72. The van der Waals surface area contributed by atoms with Crippen molar-refractivity contribution in [2.45, 2.75) is 13.8 Å². The second kappa shape index (κ2) is 12.6. The summed E-state index contributed by atoms with van der Waals surface area (Å²) in [5.41, 5.74) is 4.89. The van der Waals surface area contributed by atoms with E-state index in [1.165, 1.54) is 24.3 Å². The molecular formula is C42H29F2O4+. The monoisotopic (exact) mass is 635 g/mol. The Bertz CT molecular complexity index is 2410. The first-order valence-electron chi connectivity index (χ1n) is 15.5. The van der Waals surface area contributed by atoms with Crippen LogP contribution in [-0.2, 0) is 4.74 Å². The van der Waals surface area contributed by atoms with Crippen molar-refractivity contribution in [3.05, 3.63) is 192 Å². The molecule has 48 heavy (non-hydrogen) atoms. The first-order chi connectivity index (χ1) is 23.2. The second-order valence-electron chi connectivity index (χ2n) is 11.8. The molecule has 1 aliphatic heterocycles. The third-order valence-electron chi connectivity index (χ3n) is 8.45. The molecular weight excluding hydrogens is 606 g/mol. The third kappa shape index (κ3) is 6.08. The fourth-order valence-electron chi connectivity index (χ4n) is 5.86. The molecule has 0 amide bonds. The van der Waals surface area contributed by atoms with Gasteiger partial charge in [0, 0.05) is 17.0 Å². The Labute approximate surface area is 275 Å². The fraction of sp³-hybridized carbons (Fsp3) is 0.0714. The zero-order valence-corrected chi connectivity index (χ0v) is 26.2. The van der Waals surface area contributed by atoms with Crippen LogP contribution in [0.5, 0.6) is 0 Å². The van der Waals surface area contributed by atoms with Gasteiger partial charge >= 0.3 is 11.5 Å². The molecule has 0 saturated heterocycles. The number of halogens is 2. The molecule has 1 aromatic heterocycles. The minimum Gasteiger partial charge on any atom is -0.457 e. The number of rotatable bonds is 6. The highest BCUT2D eigenvalue weighted by molar-refractivity contribution is 5.76. The molecule has 4 nitrogen and oxygen atoms in total. The van der Waals surface area contributed by atoms with Crippen molar-refractivity contribution in [3.63, 3.8) is 0 Å². The first kappa shape index (κ1) is 30.6. The van der Waals surface area contributed by atoms with E-state index < -0.39 is 5.92 Å². The van der Waals surface area contributed by atoms with Crippen LogP contribution in [0.1, 0.15) is 27.8 Å². The molecule has 0 bridgehead atoms. The summed E-state index contributed by atoms with van der Waals surface area (Å²) in [6, 6.07) is 30.9. The van der Waals surface area contributed by atoms with Crippen LogP contribution >= 0.6 is 0 Å². The number of hydrogen-bond donors (Lipinski definition) is 0. The van der Waals surface area contributed by atoms with Crippen LogP contribution in [0.15, 0.2) is 135 Å². The second-order valence-corrected chi connectivity index (χ2v) is 11.8. The topological polar surface area (TPSA) is 54.7 Å². The van der Waals surface area contributed by atoms with Crippen molar-refractivity contribution in [1.82, 2.24) is 0 Å². The number of ether oxygens (including phenoxy) is 1.